The molecule has 0 aromatic heterocycles. The Balaban J connectivity index is 1.88. The predicted molar refractivity (Wildman–Crippen MR) is 82.0 cm³/mol. The number of aliphatic hydroxyl groups excluding tert-OH is 1. The van der Waals surface area contributed by atoms with E-state index in [1.807, 2.05) is 0 Å². The second kappa shape index (κ2) is 4.34. The Labute approximate surface area is 120 Å². The molecule has 0 saturated heterocycles. The third kappa shape index (κ3) is 1.60. The van der Waals surface area contributed by atoms with E-state index in [0.717, 1.165) is 13.1 Å². The van der Waals surface area contributed by atoms with E-state index in [-0.39, 0.29) is 12.5 Å². The summed E-state index contributed by atoms with van der Waals surface area (Å²) in [5.74, 6) is 0.944. The molecule has 3 nitrogen and oxygen atoms in total. The number of hydrogen-bond acceptors (Lipinski definition) is 3. The maximum atomic E-state index is 9.53. The maximum Gasteiger partial charge on any atom is 0.0506 e. The number of benzene rings is 1. The molecule has 20 heavy (non-hydrogen) atoms. The van der Waals surface area contributed by atoms with Gasteiger partial charge in [-0.3, -0.25) is 4.90 Å². The van der Waals surface area contributed by atoms with Gasteiger partial charge in [0.1, 0.15) is 0 Å². The topological polar surface area (TPSA) is 26.7 Å². The van der Waals surface area contributed by atoms with Gasteiger partial charge in [-0.15, -0.1) is 0 Å². The minimum atomic E-state index is 0.249. The van der Waals surface area contributed by atoms with Crippen molar-refractivity contribution in [1.82, 2.24) is 4.90 Å². The third-order valence-electron chi connectivity index (χ3n) is 5.28. The minimum Gasteiger partial charge on any atom is -0.396 e. The first kappa shape index (κ1) is 12.4. The summed E-state index contributed by atoms with van der Waals surface area (Å²) in [6.45, 7) is 2.37. The molecule has 3 heteroatoms. The summed E-state index contributed by atoms with van der Waals surface area (Å²) in [6.07, 6.45) is 3.55. The van der Waals surface area contributed by atoms with Gasteiger partial charge in [0.05, 0.1) is 6.61 Å². The van der Waals surface area contributed by atoms with E-state index >= 15 is 0 Å². The molecule has 1 aliphatic carbocycles. The average Bonchev–Trinajstić information content (AvgIpc) is 2.78. The molecule has 1 aromatic rings. The van der Waals surface area contributed by atoms with Crippen LogP contribution < -0.4 is 4.90 Å². The molecule has 0 spiro atoms. The predicted octanol–water partition coefficient (Wildman–Crippen LogP) is 1.93. The van der Waals surface area contributed by atoms with Gasteiger partial charge in [0.2, 0.25) is 0 Å². The highest BCUT2D eigenvalue weighted by Crippen LogP contribution is 2.49. The smallest absolute Gasteiger partial charge is 0.0506 e. The molecule has 1 N–H and O–H groups in total. The van der Waals surface area contributed by atoms with Crippen molar-refractivity contribution in [3.8, 4) is 0 Å². The van der Waals surface area contributed by atoms with E-state index in [9.17, 15) is 5.11 Å². The van der Waals surface area contributed by atoms with Gasteiger partial charge in [-0.2, -0.15) is 0 Å². The summed E-state index contributed by atoms with van der Waals surface area (Å²) in [7, 11) is 4.40. The highest BCUT2D eigenvalue weighted by molar-refractivity contribution is 5.81. The summed E-state index contributed by atoms with van der Waals surface area (Å²) < 4.78 is 0. The standard InChI is InChI=1S/C17H22N2O/c1-18-8-11(10-20)6-14-13-4-3-5-15-17(13)12(7-16(14)18)9-19(15)2/h3-6,11-12,16,20H,7-10H2,1-2H3/t11-,12?,16-/m1/s1. The fraction of sp³-hybridized carbons (Fsp3) is 0.529. The molecule has 0 bridgehead atoms. The quantitative estimate of drug-likeness (QED) is 0.844. The number of rotatable bonds is 1. The van der Waals surface area contributed by atoms with Crippen molar-refractivity contribution in [2.75, 3.05) is 38.7 Å². The first-order chi connectivity index (χ1) is 9.69. The van der Waals surface area contributed by atoms with Crippen LogP contribution in [0.3, 0.4) is 0 Å². The molecule has 106 valence electrons. The van der Waals surface area contributed by atoms with Crippen molar-refractivity contribution < 1.29 is 5.11 Å². The van der Waals surface area contributed by atoms with Crippen molar-refractivity contribution in [3.05, 3.63) is 35.4 Å². The molecule has 0 fully saturated rings. The molecule has 2 aliphatic heterocycles. The highest BCUT2D eigenvalue weighted by Gasteiger charge is 2.40. The summed E-state index contributed by atoms with van der Waals surface area (Å²) in [5, 5.41) is 9.53. The van der Waals surface area contributed by atoms with Crippen molar-refractivity contribution >= 4 is 11.3 Å². The SMILES string of the molecule is CN1CC2C[C@@H]3C(=C[C@@H](CO)CN3C)c3cccc1c32. The molecular weight excluding hydrogens is 248 g/mol. The van der Waals surface area contributed by atoms with Crippen molar-refractivity contribution in [2.45, 2.75) is 18.4 Å². The molecule has 1 unspecified atom stereocenters. The van der Waals surface area contributed by atoms with E-state index < -0.39 is 0 Å². The lowest BCUT2D eigenvalue weighted by Crippen LogP contribution is -2.43. The van der Waals surface area contributed by atoms with E-state index in [4.69, 9.17) is 0 Å². The lowest BCUT2D eigenvalue weighted by Gasteiger charge is -2.42. The summed E-state index contributed by atoms with van der Waals surface area (Å²) in [5.41, 5.74) is 5.82. The summed E-state index contributed by atoms with van der Waals surface area (Å²) >= 11 is 0. The van der Waals surface area contributed by atoms with Crippen LogP contribution in [0, 0.1) is 5.92 Å². The van der Waals surface area contributed by atoms with Crippen LogP contribution in [0.15, 0.2) is 24.3 Å². The fourth-order valence-corrected chi connectivity index (χ4v) is 4.39. The van der Waals surface area contributed by atoms with Gasteiger partial charge in [0.25, 0.3) is 0 Å². The second-order valence-electron chi connectivity index (χ2n) is 6.57. The molecule has 1 aromatic carbocycles. The lowest BCUT2D eigenvalue weighted by molar-refractivity contribution is 0.173. The summed E-state index contributed by atoms with van der Waals surface area (Å²) in [6, 6.07) is 7.22. The molecule has 4 rings (SSSR count). The first-order valence-corrected chi connectivity index (χ1v) is 7.56. The van der Waals surface area contributed by atoms with E-state index in [0.29, 0.717) is 12.0 Å². The van der Waals surface area contributed by atoms with Crippen LogP contribution in [0.2, 0.25) is 0 Å². The van der Waals surface area contributed by atoms with Crippen molar-refractivity contribution in [1.29, 1.82) is 0 Å². The molecule has 2 heterocycles. The van der Waals surface area contributed by atoms with Crippen molar-refractivity contribution in [3.63, 3.8) is 0 Å². The van der Waals surface area contributed by atoms with Crippen molar-refractivity contribution in [2.24, 2.45) is 5.92 Å². The van der Waals surface area contributed by atoms with Gasteiger partial charge in [-0.25, -0.2) is 0 Å². The van der Waals surface area contributed by atoms with Crippen LogP contribution >= 0.6 is 0 Å². The minimum absolute atomic E-state index is 0.249. The third-order valence-corrected chi connectivity index (χ3v) is 5.28. The Morgan fingerprint density at radius 2 is 2.10 bits per heavy atom. The van der Waals surface area contributed by atoms with Gasteiger partial charge in [-0.1, -0.05) is 18.2 Å². The van der Waals surface area contributed by atoms with E-state index in [1.165, 1.54) is 23.2 Å². The first-order valence-electron chi connectivity index (χ1n) is 7.56. The van der Waals surface area contributed by atoms with Gasteiger partial charge in [0.15, 0.2) is 0 Å². The van der Waals surface area contributed by atoms with Crippen LogP contribution in [-0.2, 0) is 0 Å². The number of aliphatic hydroxyl groups is 1. The van der Waals surface area contributed by atoms with Crippen LogP contribution in [0.4, 0.5) is 5.69 Å². The molecule has 0 amide bonds. The monoisotopic (exact) mass is 270 g/mol. The highest BCUT2D eigenvalue weighted by atomic mass is 16.3. The second-order valence-corrected chi connectivity index (χ2v) is 6.57. The van der Waals surface area contributed by atoms with Gasteiger partial charge in [-0.05, 0) is 36.2 Å². The fourth-order valence-electron chi connectivity index (χ4n) is 4.39. The number of likely N-dealkylation sites (N-methyl/N-ethyl adjacent to an activating group) is 2. The zero-order valence-electron chi connectivity index (χ0n) is 12.2. The summed E-state index contributed by atoms with van der Waals surface area (Å²) in [4.78, 5) is 4.83. The van der Waals surface area contributed by atoms with Gasteiger partial charge in [0, 0.05) is 43.7 Å². The lowest BCUT2D eigenvalue weighted by atomic mass is 9.75. The van der Waals surface area contributed by atoms with E-state index in [2.05, 4.69) is 48.2 Å². The maximum absolute atomic E-state index is 9.53. The van der Waals surface area contributed by atoms with Crippen LogP contribution in [-0.4, -0.2) is 49.8 Å². The number of hydrogen-bond donors (Lipinski definition) is 1. The molecule has 0 saturated carbocycles. The van der Waals surface area contributed by atoms with Crippen LogP contribution in [0.1, 0.15) is 23.5 Å². The van der Waals surface area contributed by atoms with Crippen LogP contribution in [0.25, 0.3) is 5.57 Å². The average molecular weight is 270 g/mol. The Hall–Kier alpha value is -1.32. The number of nitrogens with zero attached hydrogens (tertiary/aromatic N) is 2. The zero-order valence-corrected chi connectivity index (χ0v) is 12.2. The zero-order chi connectivity index (χ0) is 13.9. The normalized spacial score (nSPS) is 31.9. The van der Waals surface area contributed by atoms with Gasteiger partial charge < -0.3 is 10.0 Å². The molecule has 0 radical (unpaired) electrons. The number of anilines is 1. The largest absolute Gasteiger partial charge is 0.396 e. The molecular formula is C17H22N2O. The Bertz CT molecular complexity index is 580. The number of fused-ring (bicyclic) bond motifs is 2. The molecule has 3 aliphatic rings. The Morgan fingerprint density at radius 1 is 1.25 bits per heavy atom. The van der Waals surface area contributed by atoms with Gasteiger partial charge >= 0.3 is 0 Å². The Kier molecular flexibility index (Phi) is 2.69. The molecule has 3 atom stereocenters. The Morgan fingerprint density at radius 3 is 2.90 bits per heavy atom. The van der Waals surface area contributed by atoms with E-state index in [1.54, 1.807) is 5.56 Å². The van der Waals surface area contributed by atoms with Crippen LogP contribution in [0.5, 0.6) is 0 Å².